The van der Waals surface area contributed by atoms with Crippen molar-refractivity contribution in [1.82, 2.24) is 0 Å². The third-order valence-corrected chi connectivity index (χ3v) is 9.83. The van der Waals surface area contributed by atoms with Crippen LogP contribution in [0.3, 0.4) is 0 Å². The van der Waals surface area contributed by atoms with Crippen LogP contribution in [0.2, 0.25) is 0 Å². The van der Waals surface area contributed by atoms with Crippen molar-refractivity contribution in [3.63, 3.8) is 0 Å². The number of rotatable bonds is 5. The number of hydrogen-bond donors (Lipinski definition) is 1. The highest BCUT2D eigenvalue weighted by Gasteiger charge is 2.64. The zero-order valence-electron chi connectivity index (χ0n) is 18.6. The van der Waals surface area contributed by atoms with Crippen molar-refractivity contribution in [2.45, 2.75) is 77.4 Å². The molecule has 0 bridgehead atoms. The molecule has 0 aromatic carbocycles. The number of ether oxygens (including phenoxy) is 2. The van der Waals surface area contributed by atoms with E-state index in [9.17, 15) is 14.7 Å². The van der Waals surface area contributed by atoms with Gasteiger partial charge in [-0.3, -0.25) is 9.59 Å². The quantitative estimate of drug-likeness (QED) is 0.517. The minimum absolute atomic E-state index is 0.0284. The lowest BCUT2D eigenvalue weighted by Crippen LogP contribution is -2.60. The molecule has 0 aromatic heterocycles. The lowest BCUT2D eigenvalue weighted by Gasteiger charge is -2.62. The van der Waals surface area contributed by atoms with Crippen molar-refractivity contribution in [2.24, 2.45) is 40.4 Å². The molecule has 4 rings (SSSR count). The van der Waals surface area contributed by atoms with Crippen LogP contribution < -0.4 is 0 Å². The number of carbonyl (C=O) groups excluding carboxylic acids is 2. The van der Waals surface area contributed by atoms with Crippen molar-refractivity contribution < 1.29 is 24.2 Å². The van der Waals surface area contributed by atoms with E-state index >= 15 is 0 Å². The molecule has 0 heterocycles. The van der Waals surface area contributed by atoms with Gasteiger partial charge in [-0.25, -0.2) is 0 Å². The first-order valence-electron chi connectivity index (χ1n) is 11.7. The molecule has 0 saturated heterocycles. The molecular weight excluding hydrogens is 404 g/mol. The normalized spacial score (nSPS) is 47.7. The van der Waals surface area contributed by atoms with Gasteiger partial charge in [0.25, 0.3) is 0 Å². The average Bonchev–Trinajstić information content (AvgIpc) is 3.05. The number of aliphatic hydroxyl groups excluding tert-OH is 1. The fourth-order valence-electron chi connectivity index (χ4n) is 8.41. The average molecular weight is 441 g/mol. The predicted octanol–water partition coefficient (Wildman–Crippen LogP) is 3.98. The standard InChI is InChI=1S/C24H37ClO5/c1-23-9-8-15(26)10-14(23)4-5-16-17-6-7-18(19(27)13-29-3)24(17,2)11-20(22(16)23)30-21(28)12-25/h14-18,20,22,26H,4-13H2,1-3H3/t14?,15?,16-,17-,18+,20?,22+,23-,24-/m0/s1. The van der Waals surface area contributed by atoms with Crippen LogP contribution >= 0.6 is 11.6 Å². The predicted molar refractivity (Wildman–Crippen MR) is 114 cm³/mol. The van der Waals surface area contributed by atoms with Gasteiger partial charge in [0.15, 0.2) is 5.78 Å². The Bertz CT molecular complexity index is 683. The van der Waals surface area contributed by atoms with Gasteiger partial charge >= 0.3 is 5.97 Å². The molecule has 170 valence electrons. The summed E-state index contributed by atoms with van der Waals surface area (Å²) < 4.78 is 11.2. The van der Waals surface area contributed by atoms with Gasteiger partial charge in [-0.05, 0) is 80.0 Å². The van der Waals surface area contributed by atoms with Gasteiger partial charge in [-0.2, -0.15) is 0 Å². The summed E-state index contributed by atoms with van der Waals surface area (Å²) in [6, 6.07) is 0. The van der Waals surface area contributed by atoms with Crippen LogP contribution in [0.1, 0.15) is 65.2 Å². The zero-order chi connectivity index (χ0) is 21.7. The molecule has 0 aliphatic heterocycles. The first-order valence-corrected chi connectivity index (χ1v) is 12.2. The summed E-state index contributed by atoms with van der Waals surface area (Å²) in [6.07, 6.45) is 7.15. The number of fused-ring (bicyclic) bond motifs is 5. The Hall–Kier alpha value is -0.650. The molecule has 0 amide bonds. The van der Waals surface area contributed by atoms with Gasteiger partial charge in [0, 0.05) is 18.9 Å². The molecule has 4 saturated carbocycles. The van der Waals surface area contributed by atoms with E-state index in [4.69, 9.17) is 21.1 Å². The van der Waals surface area contributed by atoms with E-state index in [0.717, 1.165) is 51.4 Å². The first-order chi connectivity index (χ1) is 14.2. The Kier molecular flexibility index (Phi) is 6.29. The molecule has 6 heteroatoms. The summed E-state index contributed by atoms with van der Waals surface area (Å²) in [4.78, 5) is 25.2. The van der Waals surface area contributed by atoms with Crippen LogP contribution in [-0.2, 0) is 19.1 Å². The molecule has 9 atom stereocenters. The molecule has 0 aromatic rings. The van der Waals surface area contributed by atoms with E-state index < -0.39 is 0 Å². The second kappa shape index (κ2) is 8.37. The van der Waals surface area contributed by atoms with E-state index in [-0.39, 0.29) is 59.1 Å². The van der Waals surface area contributed by atoms with Crippen LogP contribution in [0.4, 0.5) is 0 Å². The fourth-order valence-corrected chi connectivity index (χ4v) is 8.47. The molecule has 4 aliphatic carbocycles. The van der Waals surface area contributed by atoms with Crippen LogP contribution in [0.25, 0.3) is 0 Å². The largest absolute Gasteiger partial charge is 0.461 e. The summed E-state index contributed by atoms with van der Waals surface area (Å²) in [6.45, 7) is 4.78. The Morgan fingerprint density at radius 1 is 1.10 bits per heavy atom. The highest BCUT2D eigenvalue weighted by atomic mass is 35.5. The van der Waals surface area contributed by atoms with E-state index in [1.54, 1.807) is 7.11 Å². The third kappa shape index (κ3) is 3.53. The molecule has 0 radical (unpaired) electrons. The number of alkyl halides is 1. The van der Waals surface area contributed by atoms with E-state index in [1.165, 1.54) is 0 Å². The van der Waals surface area contributed by atoms with Gasteiger partial charge in [0.1, 0.15) is 18.6 Å². The zero-order valence-corrected chi connectivity index (χ0v) is 19.3. The lowest BCUT2D eigenvalue weighted by atomic mass is 9.43. The monoisotopic (exact) mass is 440 g/mol. The number of halogens is 1. The van der Waals surface area contributed by atoms with Crippen LogP contribution in [0.15, 0.2) is 0 Å². The SMILES string of the molecule is COCC(=O)[C@H]1CC[C@H]2[C@@H]3CCC4CC(O)CC[C@]4(C)[C@H]3C(OC(=O)CCl)C[C@]12C. The molecular formula is C24H37ClO5. The maximum absolute atomic E-state index is 12.9. The Morgan fingerprint density at radius 3 is 2.57 bits per heavy atom. The van der Waals surface area contributed by atoms with Gasteiger partial charge in [0.2, 0.25) is 0 Å². The van der Waals surface area contributed by atoms with Crippen LogP contribution in [0, 0.1) is 40.4 Å². The molecule has 4 aliphatic rings. The smallest absolute Gasteiger partial charge is 0.321 e. The Morgan fingerprint density at radius 2 is 1.87 bits per heavy atom. The van der Waals surface area contributed by atoms with Crippen molar-refractivity contribution in [3.8, 4) is 0 Å². The van der Waals surface area contributed by atoms with Crippen molar-refractivity contribution >= 4 is 23.4 Å². The molecule has 4 fully saturated rings. The molecule has 3 unspecified atom stereocenters. The summed E-state index contributed by atoms with van der Waals surface area (Å²) in [5.74, 6) is 1.34. The van der Waals surface area contributed by atoms with E-state index in [2.05, 4.69) is 13.8 Å². The number of ketones is 1. The highest BCUT2D eigenvalue weighted by molar-refractivity contribution is 6.26. The van der Waals surface area contributed by atoms with Gasteiger partial charge in [0.05, 0.1) is 6.10 Å². The first kappa shape index (κ1) is 22.5. The molecule has 1 N–H and O–H groups in total. The number of Topliss-reactive ketones (excluding diaryl/α,β-unsaturated/α-hetero) is 1. The maximum Gasteiger partial charge on any atom is 0.321 e. The topological polar surface area (TPSA) is 72.8 Å². The highest BCUT2D eigenvalue weighted by Crippen LogP contribution is 2.68. The van der Waals surface area contributed by atoms with Crippen LogP contribution in [-0.4, -0.2) is 48.7 Å². The van der Waals surface area contributed by atoms with E-state index in [1.807, 2.05) is 0 Å². The summed E-state index contributed by atoms with van der Waals surface area (Å²) in [7, 11) is 1.58. The number of aliphatic hydroxyl groups is 1. The third-order valence-electron chi connectivity index (χ3n) is 9.61. The number of carbonyl (C=O) groups is 2. The minimum Gasteiger partial charge on any atom is -0.461 e. The Labute approximate surface area is 185 Å². The van der Waals surface area contributed by atoms with Crippen molar-refractivity contribution in [1.29, 1.82) is 0 Å². The fraction of sp³-hybridized carbons (Fsp3) is 0.917. The molecule has 5 nitrogen and oxygen atoms in total. The molecule has 0 spiro atoms. The molecule has 30 heavy (non-hydrogen) atoms. The maximum atomic E-state index is 12.9. The van der Waals surface area contributed by atoms with Gasteiger partial charge in [-0.1, -0.05) is 13.8 Å². The lowest BCUT2D eigenvalue weighted by molar-refractivity contribution is -0.197. The van der Waals surface area contributed by atoms with Gasteiger partial charge < -0.3 is 14.6 Å². The van der Waals surface area contributed by atoms with Crippen molar-refractivity contribution in [3.05, 3.63) is 0 Å². The summed E-state index contributed by atoms with van der Waals surface area (Å²) in [5.41, 5.74) is -0.0965. The Balaban J connectivity index is 1.69. The number of methoxy groups -OCH3 is 1. The second-order valence-corrected chi connectivity index (χ2v) is 11.2. The van der Waals surface area contributed by atoms with Gasteiger partial charge in [-0.15, -0.1) is 11.6 Å². The summed E-state index contributed by atoms with van der Waals surface area (Å²) in [5, 5.41) is 10.3. The second-order valence-electron chi connectivity index (χ2n) is 10.9. The minimum atomic E-state index is -0.359. The summed E-state index contributed by atoms with van der Waals surface area (Å²) >= 11 is 5.83. The van der Waals surface area contributed by atoms with Crippen molar-refractivity contribution in [2.75, 3.05) is 19.6 Å². The number of esters is 1. The number of hydrogen-bond acceptors (Lipinski definition) is 5. The van der Waals surface area contributed by atoms with Crippen LogP contribution in [0.5, 0.6) is 0 Å². The van der Waals surface area contributed by atoms with E-state index in [0.29, 0.717) is 17.8 Å².